The molecule has 3 heteroatoms. The molecule has 0 amide bonds. The Morgan fingerprint density at radius 3 is 1.90 bits per heavy atom. The number of aromatic nitrogens is 1. The van der Waals surface area contributed by atoms with Gasteiger partial charge in [-0.25, -0.2) is 0 Å². The molecule has 0 radical (unpaired) electrons. The van der Waals surface area contributed by atoms with Gasteiger partial charge in [0.1, 0.15) is 0 Å². The van der Waals surface area contributed by atoms with Crippen LogP contribution < -0.4 is 4.90 Å². The van der Waals surface area contributed by atoms with Gasteiger partial charge in [-0.1, -0.05) is 42.5 Å². The summed E-state index contributed by atoms with van der Waals surface area (Å²) in [5.74, 6) is 0. The van der Waals surface area contributed by atoms with Crippen molar-refractivity contribution in [2.24, 2.45) is 0 Å². The van der Waals surface area contributed by atoms with Gasteiger partial charge in [-0.3, -0.25) is 0 Å². The van der Waals surface area contributed by atoms with Crippen molar-refractivity contribution in [2.75, 3.05) is 4.90 Å². The fourth-order valence-electron chi connectivity index (χ4n) is 7.49. The first-order valence-corrected chi connectivity index (χ1v) is 18.4. The first kappa shape index (κ1) is 28.2. The molecule has 0 saturated heterocycles. The molecule has 10 rings (SSSR count). The Hall–Kier alpha value is -5.86. The molecule has 0 atom stereocenters. The van der Waals surface area contributed by atoms with Crippen LogP contribution in [0.1, 0.15) is 0 Å². The summed E-state index contributed by atoms with van der Waals surface area (Å²) in [6, 6.07) is 66.6. The molecule has 10 aromatic rings. The summed E-state index contributed by atoms with van der Waals surface area (Å²) < 4.78 is 5.34. The third kappa shape index (κ3) is 4.63. The van der Waals surface area contributed by atoms with E-state index in [1.807, 2.05) is 0 Å². The second kappa shape index (κ2) is 11.4. The third-order valence-electron chi connectivity index (χ3n) is 9.78. The zero-order valence-corrected chi connectivity index (χ0v) is 28.3. The van der Waals surface area contributed by atoms with Gasteiger partial charge in [0.2, 0.25) is 0 Å². The van der Waals surface area contributed by atoms with Crippen LogP contribution in [0.25, 0.3) is 68.7 Å². The topological polar surface area (TPSA) is 8.17 Å². The Kier molecular flexibility index (Phi) is 6.55. The average molecular weight is 690 g/mol. The number of benzene rings is 8. The zero-order chi connectivity index (χ0) is 32.3. The first-order chi connectivity index (χ1) is 24.3. The van der Waals surface area contributed by atoms with Crippen molar-refractivity contribution in [1.82, 2.24) is 4.57 Å². The second-order valence-corrected chi connectivity index (χ2v) is 14.9. The Bertz CT molecular complexity index is 2820. The standard InChI is InChI=1S/C46H30N2Se/c1-2-13-34(14-3-1)48-43-18-8-6-16-38(43)39-28-26-36(30-44(39)48)47(42-19-10-12-32-11-4-5-15-37(32)42)35-24-21-31(22-25-35)33-23-27-41-40-17-7-9-20-45(40)49-46(41)29-33/h1-30H. The number of rotatable bonds is 5. The molecule has 230 valence electrons. The molecule has 2 aromatic heterocycles. The number of para-hydroxylation sites is 2. The molecule has 0 bridgehead atoms. The van der Waals surface area contributed by atoms with Gasteiger partial charge in [-0.15, -0.1) is 0 Å². The SMILES string of the molecule is c1ccc(-n2c3ccccc3c3ccc(N(c4ccc(-c5ccc6c(c5)[se]c5ccccc56)cc4)c4cccc5ccccc45)cc32)cc1. The molecule has 0 aliphatic rings. The third-order valence-corrected chi connectivity index (χ3v) is 12.2. The summed E-state index contributed by atoms with van der Waals surface area (Å²) >= 11 is 0.341. The molecule has 2 nitrogen and oxygen atoms in total. The van der Waals surface area contributed by atoms with Crippen molar-refractivity contribution >= 4 is 83.4 Å². The smallest absolute Gasteiger partial charge is 0.0380 e. The molecule has 0 spiro atoms. The average Bonchev–Trinajstić information content (AvgIpc) is 3.71. The van der Waals surface area contributed by atoms with E-state index in [-0.39, 0.29) is 0 Å². The summed E-state index contributed by atoms with van der Waals surface area (Å²) in [5, 5.41) is 7.74. The van der Waals surface area contributed by atoms with E-state index in [0.29, 0.717) is 14.5 Å². The van der Waals surface area contributed by atoms with Crippen LogP contribution in [-0.4, -0.2) is 19.1 Å². The van der Waals surface area contributed by atoms with Crippen LogP contribution in [0.15, 0.2) is 182 Å². The minimum atomic E-state index is 0.341. The molecule has 49 heavy (non-hydrogen) atoms. The summed E-state index contributed by atoms with van der Waals surface area (Å²) in [7, 11) is 0. The van der Waals surface area contributed by atoms with E-state index >= 15 is 0 Å². The predicted octanol–water partition coefficient (Wildman–Crippen LogP) is 12.4. The minimum Gasteiger partial charge on any atom is -0.0602 e. The van der Waals surface area contributed by atoms with Crippen LogP contribution in [0.2, 0.25) is 0 Å². The molecule has 0 unspecified atom stereocenters. The number of nitrogens with zero attached hydrogens (tertiary/aromatic N) is 2. The van der Waals surface area contributed by atoms with E-state index in [1.54, 1.807) is 0 Å². The Morgan fingerprint density at radius 2 is 1.02 bits per heavy atom. The van der Waals surface area contributed by atoms with E-state index in [0.717, 1.165) is 22.7 Å². The fraction of sp³-hybridized carbons (Fsp3) is 0. The minimum absolute atomic E-state index is 0.341. The van der Waals surface area contributed by atoms with Crippen molar-refractivity contribution in [3.8, 4) is 16.8 Å². The molecular formula is C46H30N2Se. The largest absolute Gasteiger partial charge is 0.0602 e. The van der Waals surface area contributed by atoms with Crippen LogP contribution in [0, 0.1) is 0 Å². The molecule has 0 N–H and O–H groups in total. The Morgan fingerprint density at radius 1 is 0.388 bits per heavy atom. The van der Waals surface area contributed by atoms with Crippen molar-refractivity contribution in [3.63, 3.8) is 0 Å². The van der Waals surface area contributed by atoms with Gasteiger partial charge in [-0.05, 0) is 18.2 Å². The van der Waals surface area contributed by atoms with Crippen LogP contribution >= 0.6 is 0 Å². The van der Waals surface area contributed by atoms with Crippen molar-refractivity contribution in [2.45, 2.75) is 0 Å². The maximum Gasteiger partial charge on any atom is -0.0380 e. The van der Waals surface area contributed by atoms with E-state index in [4.69, 9.17) is 0 Å². The molecule has 2 heterocycles. The molecule has 0 fully saturated rings. The molecule has 0 aliphatic carbocycles. The predicted molar refractivity (Wildman–Crippen MR) is 210 cm³/mol. The van der Waals surface area contributed by atoms with Crippen LogP contribution in [0.5, 0.6) is 0 Å². The second-order valence-electron chi connectivity index (χ2n) is 12.6. The number of hydrogen-bond acceptors (Lipinski definition) is 1. The summed E-state index contributed by atoms with van der Waals surface area (Å²) in [6.07, 6.45) is 0. The maximum absolute atomic E-state index is 2.42. The Balaban J connectivity index is 1.15. The van der Waals surface area contributed by atoms with Crippen LogP contribution in [-0.2, 0) is 0 Å². The van der Waals surface area contributed by atoms with Crippen LogP contribution in [0.3, 0.4) is 0 Å². The number of anilines is 3. The summed E-state index contributed by atoms with van der Waals surface area (Å²) in [4.78, 5) is 2.42. The fourth-order valence-corrected chi connectivity index (χ4v) is 9.90. The molecule has 8 aromatic carbocycles. The van der Waals surface area contributed by atoms with Crippen molar-refractivity contribution in [3.05, 3.63) is 182 Å². The quantitative estimate of drug-likeness (QED) is 0.163. The van der Waals surface area contributed by atoms with Gasteiger partial charge in [0.15, 0.2) is 0 Å². The van der Waals surface area contributed by atoms with Gasteiger partial charge >= 0.3 is 214 Å². The van der Waals surface area contributed by atoms with Crippen molar-refractivity contribution < 1.29 is 0 Å². The first-order valence-electron chi connectivity index (χ1n) is 16.7. The summed E-state index contributed by atoms with van der Waals surface area (Å²) in [5.41, 5.74) is 9.46. The number of fused-ring (bicyclic) bond motifs is 7. The zero-order valence-electron chi connectivity index (χ0n) is 26.6. The van der Waals surface area contributed by atoms with E-state index in [9.17, 15) is 0 Å². The Labute approximate surface area is 290 Å². The molecule has 0 saturated carbocycles. The normalized spacial score (nSPS) is 11.7. The van der Waals surface area contributed by atoms with E-state index in [2.05, 4.69) is 191 Å². The van der Waals surface area contributed by atoms with Gasteiger partial charge in [0.05, 0.1) is 5.52 Å². The van der Waals surface area contributed by atoms with E-state index < -0.39 is 0 Å². The van der Waals surface area contributed by atoms with Gasteiger partial charge in [-0.2, -0.15) is 0 Å². The molecular weight excluding hydrogens is 659 g/mol. The van der Waals surface area contributed by atoms with Gasteiger partial charge in [0.25, 0.3) is 0 Å². The monoisotopic (exact) mass is 690 g/mol. The van der Waals surface area contributed by atoms with Crippen molar-refractivity contribution in [1.29, 1.82) is 0 Å². The maximum atomic E-state index is 2.42. The van der Waals surface area contributed by atoms with Gasteiger partial charge in [0, 0.05) is 11.1 Å². The summed E-state index contributed by atoms with van der Waals surface area (Å²) in [6.45, 7) is 0. The van der Waals surface area contributed by atoms with E-state index in [1.165, 1.54) is 63.0 Å². The van der Waals surface area contributed by atoms with Gasteiger partial charge < -0.3 is 0 Å². The number of hydrogen-bond donors (Lipinski definition) is 0. The molecule has 0 aliphatic heterocycles. The van der Waals surface area contributed by atoms with Crippen LogP contribution in [0.4, 0.5) is 17.1 Å².